The largest absolute Gasteiger partial charge is 0.369 e. The zero-order valence-corrected chi connectivity index (χ0v) is 14.9. The van der Waals surface area contributed by atoms with Crippen molar-refractivity contribution in [1.29, 1.82) is 0 Å². The van der Waals surface area contributed by atoms with E-state index < -0.39 is 0 Å². The van der Waals surface area contributed by atoms with Gasteiger partial charge in [-0.05, 0) is 29.2 Å². The Hall–Kier alpha value is -3.22. The lowest BCUT2D eigenvalue weighted by Gasteiger charge is -2.30. The second kappa shape index (κ2) is 7.19. The van der Waals surface area contributed by atoms with Gasteiger partial charge in [-0.2, -0.15) is 0 Å². The summed E-state index contributed by atoms with van der Waals surface area (Å²) < 4.78 is 1.67. The minimum absolute atomic E-state index is 0.204. The number of nitrogens with zero attached hydrogens (tertiary/aromatic N) is 4. The second-order valence-electron chi connectivity index (χ2n) is 6.93. The summed E-state index contributed by atoms with van der Waals surface area (Å²) in [5.41, 5.74) is 6.80. The average molecular weight is 363 g/mol. The molecule has 3 aromatic rings. The van der Waals surface area contributed by atoms with E-state index in [1.807, 2.05) is 24.3 Å². The minimum atomic E-state index is -0.355. The van der Waals surface area contributed by atoms with E-state index in [1.54, 1.807) is 15.8 Å². The van der Waals surface area contributed by atoms with Crippen molar-refractivity contribution in [2.24, 2.45) is 11.7 Å². The molecular weight excluding hydrogens is 342 g/mol. The summed E-state index contributed by atoms with van der Waals surface area (Å²) in [6.07, 6.45) is 3.16. The van der Waals surface area contributed by atoms with Crippen LogP contribution in [0.1, 0.15) is 28.9 Å². The fraction of sp³-hybridized carbons (Fsp3) is 0.300. The smallest absolute Gasteiger partial charge is 0.276 e. The molecule has 1 atom stereocenters. The first-order valence-electron chi connectivity index (χ1n) is 9.07. The maximum absolute atomic E-state index is 12.7. The van der Waals surface area contributed by atoms with E-state index in [4.69, 9.17) is 5.73 Å². The van der Waals surface area contributed by atoms with Gasteiger partial charge in [0.1, 0.15) is 0 Å². The van der Waals surface area contributed by atoms with Gasteiger partial charge < -0.3 is 10.6 Å². The normalized spacial score (nSPS) is 17.2. The van der Waals surface area contributed by atoms with Crippen LogP contribution in [0, 0.1) is 5.92 Å². The Balaban J connectivity index is 1.51. The van der Waals surface area contributed by atoms with Gasteiger partial charge in [-0.25, -0.2) is 4.68 Å². The number of likely N-dealkylation sites (tertiary alicyclic amines) is 1. The summed E-state index contributed by atoms with van der Waals surface area (Å²) in [6, 6.07) is 14.3. The van der Waals surface area contributed by atoms with E-state index in [0.717, 1.165) is 29.2 Å². The molecule has 138 valence electrons. The first kappa shape index (κ1) is 17.2. The molecule has 2 N–H and O–H groups in total. The SMILES string of the molecule is NC(=O)[C@H]1CCCN(C(=O)c2cn(Cc3cccc4ccccc34)nn2)C1. The van der Waals surface area contributed by atoms with Gasteiger partial charge in [-0.1, -0.05) is 47.7 Å². The zero-order valence-electron chi connectivity index (χ0n) is 14.9. The average Bonchev–Trinajstić information content (AvgIpc) is 3.16. The number of rotatable bonds is 4. The maximum Gasteiger partial charge on any atom is 0.276 e. The Bertz CT molecular complexity index is 991. The van der Waals surface area contributed by atoms with Crippen LogP contribution in [0.2, 0.25) is 0 Å². The van der Waals surface area contributed by atoms with Crippen molar-refractivity contribution in [3.8, 4) is 0 Å². The molecule has 1 aliphatic heterocycles. The molecule has 0 bridgehead atoms. The molecule has 1 fully saturated rings. The third-order valence-electron chi connectivity index (χ3n) is 5.08. The van der Waals surface area contributed by atoms with Crippen LogP contribution in [0.5, 0.6) is 0 Å². The number of piperidine rings is 1. The molecule has 27 heavy (non-hydrogen) atoms. The van der Waals surface area contributed by atoms with E-state index in [-0.39, 0.29) is 17.7 Å². The van der Waals surface area contributed by atoms with E-state index in [9.17, 15) is 9.59 Å². The second-order valence-corrected chi connectivity index (χ2v) is 6.93. The van der Waals surface area contributed by atoms with Crippen LogP contribution < -0.4 is 5.73 Å². The summed E-state index contributed by atoms with van der Waals surface area (Å²) in [5, 5.41) is 10.5. The van der Waals surface area contributed by atoms with E-state index in [2.05, 4.69) is 28.5 Å². The van der Waals surface area contributed by atoms with Crippen molar-refractivity contribution in [2.75, 3.05) is 13.1 Å². The molecule has 7 heteroatoms. The van der Waals surface area contributed by atoms with E-state index in [0.29, 0.717) is 25.3 Å². The Kier molecular flexibility index (Phi) is 4.58. The summed E-state index contributed by atoms with van der Waals surface area (Å²) in [5.74, 6) is -0.842. The topological polar surface area (TPSA) is 94.1 Å². The first-order valence-corrected chi connectivity index (χ1v) is 9.07. The molecule has 0 radical (unpaired) electrons. The third kappa shape index (κ3) is 3.53. The van der Waals surface area contributed by atoms with Gasteiger partial charge in [-0.15, -0.1) is 5.10 Å². The molecule has 1 aromatic heterocycles. The van der Waals surface area contributed by atoms with Crippen molar-refractivity contribution in [2.45, 2.75) is 19.4 Å². The quantitative estimate of drug-likeness (QED) is 0.765. The van der Waals surface area contributed by atoms with Crippen molar-refractivity contribution in [3.63, 3.8) is 0 Å². The van der Waals surface area contributed by atoms with E-state index >= 15 is 0 Å². The number of hydrogen-bond donors (Lipinski definition) is 1. The fourth-order valence-electron chi connectivity index (χ4n) is 3.63. The number of carbonyl (C=O) groups excluding carboxylic acids is 2. The van der Waals surface area contributed by atoms with Gasteiger partial charge in [0.15, 0.2) is 5.69 Å². The molecule has 2 amide bonds. The fourth-order valence-corrected chi connectivity index (χ4v) is 3.63. The van der Waals surface area contributed by atoms with Crippen molar-refractivity contribution in [1.82, 2.24) is 19.9 Å². The Morgan fingerprint density at radius 2 is 1.96 bits per heavy atom. The maximum atomic E-state index is 12.7. The van der Waals surface area contributed by atoms with Gasteiger partial charge >= 0.3 is 0 Å². The predicted molar refractivity (Wildman–Crippen MR) is 101 cm³/mol. The highest BCUT2D eigenvalue weighted by Crippen LogP contribution is 2.20. The molecule has 0 unspecified atom stereocenters. The Labute approximate surface area is 156 Å². The monoisotopic (exact) mass is 363 g/mol. The molecule has 2 aromatic carbocycles. The number of hydrogen-bond acceptors (Lipinski definition) is 4. The number of amides is 2. The van der Waals surface area contributed by atoms with Crippen molar-refractivity contribution < 1.29 is 9.59 Å². The van der Waals surface area contributed by atoms with Crippen molar-refractivity contribution >= 4 is 22.6 Å². The molecule has 1 saturated heterocycles. The summed E-state index contributed by atoms with van der Waals surface area (Å²) >= 11 is 0. The van der Waals surface area contributed by atoms with Crippen LogP contribution in [0.15, 0.2) is 48.7 Å². The lowest BCUT2D eigenvalue weighted by molar-refractivity contribution is -0.123. The standard InChI is InChI=1S/C20H21N5O2/c21-19(26)16-8-4-10-24(11-16)20(27)18-13-25(23-22-18)12-15-7-3-6-14-5-1-2-9-17(14)15/h1-3,5-7,9,13,16H,4,8,10-12H2,(H2,21,26)/t16-/m0/s1. The molecule has 1 aliphatic rings. The van der Waals surface area contributed by atoms with Gasteiger partial charge in [0.2, 0.25) is 5.91 Å². The van der Waals surface area contributed by atoms with Gasteiger partial charge in [0, 0.05) is 13.1 Å². The number of carbonyl (C=O) groups is 2. The third-order valence-corrected chi connectivity index (χ3v) is 5.08. The van der Waals surface area contributed by atoms with Crippen LogP contribution >= 0.6 is 0 Å². The molecule has 4 rings (SSSR count). The summed E-state index contributed by atoms with van der Waals surface area (Å²) in [7, 11) is 0. The number of nitrogens with two attached hydrogens (primary N) is 1. The van der Waals surface area contributed by atoms with Gasteiger partial charge in [-0.3, -0.25) is 9.59 Å². The summed E-state index contributed by atoms with van der Waals surface area (Å²) in [4.78, 5) is 25.8. The highest BCUT2D eigenvalue weighted by molar-refractivity contribution is 5.92. The van der Waals surface area contributed by atoms with Crippen LogP contribution in [0.25, 0.3) is 10.8 Å². The molecule has 2 heterocycles. The number of fused-ring (bicyclic) bond motifs is 1. The lowest BCUT2D eigenvalue weighted by atomic mass is 9.97. The Morgan fingerprint density at radius 3 is 2.81 bits per heavy atom. The highest BCUT2D eigenvalue weighted by Gasteiger charge is 2.28. The van der Waals surface area contributed by atoms with Gasteiger partial charge in [0.05, 0.1) is 18.7 Å². The Morgan fingerprint density at radius 1 is 1.15 bits per heavy atom. The molecular formula is C20H21N5O2. The van der Waals surface area contributed by atoms with Gasteiger partial charge in [0.25, 0.3) is 5.91 Å². The molecule has 0 saturated carbocycles. The molecule has 0 spiro atoms. The van der Waals surface area contributed by atoms with Crippen molar-refractivity contribution in [3.05, 3.63) is 59.9 Å². The lowest BCUT2D eigenvalue weighted by Crippen LogP contribution is -2.44. The summed E-state index contributed by atoms with van der Waals surface area (Å²) in [6.45, 7) is 1.49. The molecule has 0 aliphatic carbocycles. The highest BCUT2D eigenvalue weighted by atomic mass is 16.2. The first-order chi connectivity index (χ1) is 13.1. The van der Waals surface area contributed by atoms with E-state index in [1.165, 1.54) is 0 Å². The van der Waals surface area contributed by atoms with Crippen LogP contribution in [-0.4, -0.2) is 44.8 Å². The van der Waals surface area contributed by atoms with Crippen LogP contribution in [-0.2, 0) is 11.3 Å². The van der Waals surface area contributed by atoms with Crippen LogP contribution in [0.4, 0.5) is 0 Å². The number of benzene rings is 2. The zero-order chi connectivity index (χ0) is 18.8. The predicted octanol–water partition coefficient (Wildman–Crippen LogP) is 1.82. The number of aromatic nitrogens is 3. The molecule has 7 nitrogen and oxygen atoms in total. The number of primary amides is 1. The minimum Gasteiger partial charge on any atom is -0.369 e. The van der Waals surface area contributed by atoms with Crippen LogP contribution in [0.3, 0.4) is 0 Å².